The summed E-state index contributed by atoms with van der Waals surface area (Å²) in [5.41, 5.74) is 0.795. The summed E-state index contributed by atoms with van der Waals surface area (Å²) in [5, 5.41) is 7.00. The average molecular weight is 341 g/mol. The molecule has 1 aliphatic rings. The molecular formula is C19H23N3O3. The monoisotopic (exact) mass is 341 g/mol. The zero-order valence-electron chi connectivity index (χ0n) is 14.6. The maximum Gasteiger partial charge on any atom is 0.246 e. The molecule has 1 aromatic carbocycles. The smallest absolute Gasteiger partial charge is 0.246 e. The number of benzene rings is 1. The molecular weight excluding hydrogens is 318 g/mol. The second-order valence-electron chi connectivity index (χ2n) is 6.39. The maximum absolute atomic E-state index is 12.8. The highest BCUT2D eigenvalue weighted by Crippen LogP contribution is 2.34. The van der Waals surface area contributed by atoms with Gasteiger partial charge in [0, 0.05) is 38.1 Å². The van der Waals surface area contributed by atoms with Gasteiger partial charge in [-0.25, -0.2) is 0 Å². The molecule has 0 saturated carbocycles. The Balaban J connectivity index is 1.90. The quantitative estimate of drug-likeness (QED) is 0.906. The fourth-order valence-corrected chi connectivity index (χ4v) is 3.59. The molecule has 25 heavy (non-hydrogen) atoms. The van der Waals surface area contributed by atoms with Crippen LogP contribution in [0.2, 0.25) is 0 Å². The Labute approximate surface area is 147 Å². The highest BCUT2D eigenvalue weighted by molar-refractivity contribution is 5.91. The SMILES string of the molecule is CCNC(=O)C1(Cc2cc(-c3ccccc3)no2)CCCN1C(C)=O. The first-order valence-corrected chi connectivity index (χ1v) is 8.64. The van der Waals surface area contributed by atoms with E-state index in [1.165, 1.54) is 6.92 Å². The third kappa shape index (κ3) is 3.29. The fourth-order valence-electron chi connectivity index (χ4n) is 3.59. The summed E-state index contributed by atoms with van der Waals surface area (Å²) < 4.78 is 5.49. The highest BCUT2D eigenvalue weighted by Gasteiger charge is 2.49. The van der Waals surface area contributed by atoms with Crippen LogP contribution in [0.15, 0.2) is 40.9 Å². The Bertz CT molecular complexity index is 756. The van der Waals surface area contributed by atoms with Gasteiger partial charge >= 0.3 is 0 Å². The molecule has 6 nitrogen and oxygen atoms in total. The van der Waals surface area contributed by atoms with Crippen LogP contribution in [0.3, 0.4) is 0 Å². The van der Waals surface area contributed by atoms with Gasteiger partial charge in [0.25, 0.3) is 0 Å². The van der Waals surface area contributed by atoms with Crippen molar-refractivity contribution in [2.45, 2.75) is 38.6 Å². The average Bonchev–Trinajstić information content (AvgIpc) is 3.24. The van der Waals surface area contributed by atoms with Gasteiger partial charge in [0.05, 0.1) is 0 Å². The molecule has 1 N–H and O–H groups in total. The molecule has 6 heteroatoms. The highest BCUT2D eigenvalue weighted by atomic mass is 16.5. The number of aromatic nitrogens is 1. The molecule has 2 heterocycles. The number of amides is 2. The topological polar surface area (TPSA) is 75.4 Å². The minimum Gasteiger partial charge on any atom is -0.361 e. The van der Waals surface area contributed by atoms with Crippen molar-refractivity contribution < 1.29 is 14.1 Å². The Morgan fingerprint density at radius 1 is 1.32 bits per heavy atom. The van der Waals surface area contributed by atoms with Gasteiger partial charge in [-0.15, -0.1) is 0 Å². The van der Waals surface area contributed by atoms with E-state index in [1.807, 2.05) is 43.3 Å². The van der Waals surface area contributed by atoms with E-state index < -0.39 is 5.54 Å². The van der Waals surface area contributed by atoms with E-state index in [2.05, 4.69) is 10.5 Å². The van der Waals surface area contributed by atoms with E-state index in [1.54, 1.807) is 4.90 Å². The summed E-state index contributed by atoms with van der Waals surface area (Å²) in [6.07, 6.45) is 1.76. The molecule has 3 rings (SSSR count). The minimum absolute atomic E-state index is 0.0912. The van der Waals surface area contributed by atoms with Crippen LogP contribution < -0.4 is 5.32 Å². The predicted molar refractivity (Wildman–Crippen MR) is 93.7 cm³/mol. The fraction of sp³-hybridized carbons (Fsp3) is 0.421. The first-order chi connectivity index (χ1) is 12.1. The molecule has 2 amide bonds. The number of likely N-dealkylation sites (tertiary alicyclic amines) is 1. The molecule has 1 aromatic heterocycles. The van der Waals surface area contributed by atoms with Gasteiger partial charge in [-0.2, -0.15) is 0 Å². The van der Waals surface area contributed by atoms with Gasteiger partial charge < -0.3 is 14.7 Å². The number of carbonyl (C=O) groups excluding carboxylic acids is 2. The van der Waals surface area contributed by atoms with Crippen molar-refractivity contribution in [1.82, 2.24) is 15.4 Å². The molecule has 2 aromatic rings. The van der Waals surface area contributed by atoms with E-state index in [-0.39, 0.29) is 11.8 Å². The summed E-state index contributed by atoms with van der Waals surface area (Å²) in [6.45, 7) is 4.50. The summed E-state index contributed by atoms with van der Waals surface area (Å²) in [4.78, 5) is 26.6. The van der Waals surface area contributed by atoms with Crippen LogP contribution in [-0.4, -0.2) is 40.5 Å². The lowest BCUT2D eigenvalue weighted by molar-refractivity contribution is -0.143. The van der Waals surface area contributed by atoms with Gasteiger partial charge in [-0.05, 0) is 19.8 Å². The Morgan fingerprint density at radius 2 is 2.08 bits per heavy atom. The van der Waals surface area contributed by atoms with Crippen LogP contribution in [0, 0.1) is 0 Å². The molecule has 1 saturated heterocycles. The number of hydrogen-bond donors (Lipinski definition) is 1. The molecule has 1 aliphatic heterocycles. The second kappa shape index (κ2) is 7.09. The Morgan fingerprint density at radius 3 is 2.76 bits per heavy atom. The number of rotatable bonds is 5. The van der Waals surface area contributed by atoms with Crippen LogP contribution in [-0.2, 0) is 16.0 Å². The van der Waals surface area contributed by atoms with Crippen molar-refractivity contribution in [2.24, 2.45) is 0 Å². The lowest BCUT2D eigenvalue weighted by Crippen LogP contribution is -2.58. The van der Waals surface area contributed by atoms with E-state index >= 15 is 0 Å². The lowest BCUT2D eigenvalue weighted by Gasteiger charge is -2.35. The largest absolute Gasteiger partial charge is 0.361 e. The zero-order valence-corrected chi connectivity index (χ0v) is 14.6. The molecule has 1 atom stereocenters. The van der Waals surface area contributed by atoms with Crippen LogP contribution >= 0.6 is 0 Å². The third-order valence-electron chi connectivity index (χ3n) is 4.72. The van der Waals surface area contributed by atoms with Crippen molar-refractivity contribution >= 4 is 11.8 Å². The van der Waals surface area contributed by atoms with E-state index in [0.717, 1.165) is 17.7 Å². The van der Waals surface area contributed by atoms with Gasteiger partial charge in [0.2, 0.25) is 11.8 Å². The summed E-state index contributed by atoms with van der Waals surface area (Å²) in [6, 6.07) is 11.6. The number of carbonyl (C=O) groups is 2. The maximum atomic E-state index is 12.8. The van der Waals surface area contributed by atoms with Gasteiger partial charge in [-0.1, -0.05) is 35.5 Å². The van der Waals surface area contributed by atoms with E-state index in [0.29, 0.717) is 31.7 Å². The second-order valence-corrected chi connectivity index (χ2v) is 6.39. The molecule has 132 valence electrons. The first kappa shape index (κ1) is 17.2. The van der Waals surface area contributed by atoms with Crippen molar-refractivity contribution in [3.63, 3.8) is 0 Å². The summed E-state index contributed by atoms with van der Waals surface area (Å²) in [7, 11) is 0. The number of hydrogen-bond acceptors (Lipinski definition) is 4. The van der Waals surface area contributed by atoms with Crippen LogP contribution in [0.25, 0.3) is 11.3 Å². The van der Waals surface area contributed by atoms with Crippen LogP contribution in [0.5, 0.6) is 0 Å². The minimum atomic E-state index is -0.894. The van der Waals surface area contributed by atoms with Crippen molar-refractivity contribution in [3.8, 4) is 11.3 Å². The summed E-state index contributed by atoms with van der Waals surface area (Å²) in [5.74, 6) is 0.394. The van der Waals surface area contributed by atoms with Crippen molar-refractivity contribution in [3.05, 3.63) is 42.2 Å². The molecule has 0 aliphatic carbocycles. The number of nitrogens with zero attached hydrogens (tertiary/aromatic N) is 2. The number of likely N-dealkylation sites (N-methyl/N-ethyl adjacent to an activating group) is 1. The molecule has 0 radical (unpaired) electrons. The van der Waals surface area contributed by atoms with Crippen LogP contribution in [0.1, 0.15) is 32.4 Å². The van der Waals surface area contributed by atoms with Gasteiger partial charge in [0.15, 0.2) is 0 Å². The normalized spacial score (nSPS) is 19.8. The number of nitrogens with one attached hydrogen (secondary N) is 1. The van der Waals surface area contributed by atoms with Crippen LogP contribution in [0.4, 0.5) is 0 Å². The summed E-state index contributed by atoms with van der Waals surface area (Å²) >= 11 is 0. The Kier molecular flexibility index (Phi) is 4.88. The van der Waals surface area contributed by atoms with E-state index in [4.69, 9.17) is 4.52 Å². The molecule has 1 fully saturated rings. The predicted octanol–water partition coefficient (Wildman–Crippen LogP) is 2.40. The molecule has 0 bridgehead atoms. The third-order valence-corrected chi connectivity index (χ3v) is 4.72. The molecule has 1 unspecified atom stereocenters. The van der Waals surface area contributed by atoms with Gasteiger partial charge in [0.1, 0.15) is 17.0 Å². The first-order valence-electron chi connectivity index (χ1n) is 8.64. The van der Waals surface area contributed by atoms with E-state index in [9.17, 15) is 9.59 Å². The van der Waals surface area contributed by atoms with Crippen molar-refractivity contribution in [2.75, 3.05) is 13.1 Å². The molecule has 0 spiro atoms. The van der Waals surface area contributed by atoms with Crippen molar-refractivity contribution in [1.29, 1.82) is 0 Å². The zero-order chi connectivity index (χ0) is 17.9. The lowest BCUT2D eigenvalue weighted by atomic mass is 9.89. The standard InChI is InChI=1S/C19H23N3O3/c1-3-20-18(24)19(10-7-11-22(19)14(2)23)13-16-12-17(21-25-16)15-8-5-4-6-9-15/h4-6,8-9,12H,3,7,10-11,13H2,1-2H3,(H,20,24). The van der Waals surface area contributed by atoms with Gasteiger partial charge in [-0.3, -0.25) is 9.59 Å². The Hall–Kier alpha value is -2.63.